The van der Waals surface area contributed by atoms with Crippen LogP contribution in [-0.2, 0) is 4.79 Å². The number of nitrogens with zero attached hydrogens (tertiary/aromatic N) is 1. The van der Waals surface area contributed by atoms with Crippen LogP contribution < -0.4 is 15.4 Å². The summed E-state index contributed by atoms with van der Waals surface area (Å²) < 4.78 is 5.06. The summed E-state index contributed by atoms with van der Waals surface area (Å²) >= 11 is 6.01. The Morgan fingerprint density at radius 1 is 1.45 bits per heavy atom. The molecule has 3 amide bonds. The van der Waals surface area contributed by atoms with Gasteiger partial charge in [-0.15, -0.1) is 0 Å². The second kappa shape index (κ2) is 6.87. The van der Waals surface area contributed by atoms with Crippen molar-refractivity contribution in [3.05, 3.63) is 23.2 Å². The molecule has 0 saturated carbocycles. The van der Waals surface area contributed by atoms with E-state index in [9.17, 15) is 9.59 Å². The highest BCUT2D eigenvalue weighted by atomic mass is 35.5. The lowest BCUT2D eigenvalue weighted by molar-refractivity contribution is -0.129. The lowest BCUT2D eigenvalue weighted by atomic mass is 10.2. The van der Waals surface area contributed by atoms with Crippen LogP contribution in [0, 0.1) is 0 Å². The summed E-state index contributed by atoms with van der Waals surface area (Å²) in [5, 5.41) is 5.92. The zero-order chi connectivity index (χ0) is 16.3. The number of nitrogens with one attached hydrogen (secondary N) is 2. The molecule has 2 rings (SSSR count). The maximum atomic E-state index is 12.0. The van der Waals surface area contributed by atoms with Gasteiger partial charge in [0.15, 0.2) is 0 Å². The first-order chi connectivity index (χ1) is 10.4. The van der Waals surface area contributed by atoms with Crippen LogP contribution >= 0.6 is 11.6 Å². The molecule has 1 aromatic carbocycles. The van der Waals surface area contributed by atoms with Gasteiger partial charge < -0.3 is 20.3 Å². The van der Waals surface area contributed by atoms with Crippen molar-refractivity contribution >= 4 is 29.2 Å². The first kappa shape index (κ1) is 16.4. The number of benzene rings is 1. The van der Waals surface area contributed by atoms with Crippen molar-refractivity contribution in [3.8, 4) is 5.75 Å². The summed E-state index contributed by atoms with van der Waals surface area (Å²) in [6, 6.07) is 4.60. The molecule has 1 atom stereocenters. The van der Waals surface area contributed by atoms with Crippen molar-refractivity contribution in [2.45, 2.75) is 32.4 Å². The topological polar surface area (TPSA) is 70.7 Å². The van der Waals surface area contributed by atoms with Gasteiger partial charge >= 0.3 is 6.03 Å². The van der Waals surface area contributed by atoms with E-state index in [4.69, 9.17) is 16.3 Å². The van der Waals surface area contributed by atoms with E-state index in [-0.39, 0.29) is 24.0 Å². The Bertz CT molecular complexity index is 577. The number of methoxy groups -OCH3 is 1. The van der Waals surface area contributed by atoms with Crippen LogP contribution in [0.4, 0.5) is 10.5 Å². The van der Waals surface area contributed by atoms with E-state index >= 15 is 0 Å². The number of hydrogen-bond acceptors (Lipinski definition) is 3. The van der Waals surface area contributed by atoms with E-state index < -0.39 is 0 Å². The number of rotatable bonds is 4. The van der Waals surface area contributed by atoms with E-state index in [1.165, 1.54) is 7.11 Å². The number of anilines is 1. The van der Waals surface area contributed by atoms with Crippen LogP contribution in [-0.4, -0.2) is 42.6 Å². The molecule has 1 aliphatic rings. The fourth-order valence-electron chi connectivity index (χ4n) is 2.42. The van der Waals surface area contributed by atoms with Crippen LogP contribution in [0.15, 0.2) is 18.2 Å². The lowest BCUT2D eigenvalue weighted by Gasteiger charge is -2.21. The molecule has 0 aliphatic carbocycles. The van der Waals surface area contributed by atoms with Gasteiger partial charge in [0.05, 0.1) is 18.2 Å². The van der Waals surface area contributed by atoms with Gasteiger partial charge in [-0.1, -0.05) is 11.6 Å². The molecule has 1 fully saturated rings. The Morgan fingerprint density at radius 3 is 2.73 bits per heavy atom. The van der Waals surface area contributed by atoms with Crippen molar-refractivity contribution < 1.29 is 14.3 Å². The molecule has 1 aromatic rings. The van der Waals surface area contributed by atoms with Crippen molar-refractivity contribution in [2.24, 2.45) is 0 Å². The quantitative estimate of drug-likeness (QED) is 0.893. The van der Waals surface area contributed by atoms with Gasteiger partial charge in [0.1, 0.15) is 5.75 Å². The van der Waals surface area contributed by atoms with Gasteiger partial charge in [-0.05, 0) is 32.0 Å². The number of ether oxygens (including phenoxy) is 1. The summed E-state index contributed by atoms with van der Waals surface area (Å²) in [7, 11) is 1.53. The molecular formula is C15H20ClN3O3. The Labute approximate surface area is 134 Å². The standard InChI is InChI=1S/C15H20ClN3O3/c1-9(2)19-8-11(7-14(19)20)18-15(21)17-10-4-5-13(22-3)12(16)6-10/h4-6,9,11H,7-8H2,1-3H3,(H2,17,18,21). The molecule has 0 spiro atoms. The molecule has 1 aliphatic heterocycles. The highest BCUT2D eigenvalue weighted by molar-refractivity contribution is 6.32. The lowest BCUT2D eigenvalue weighted by Crippen LogP contribution is -2.40. The summed E-state index contributed by atoms with van der Waals surface area (Å²) in [4.78, 5) is 25.6. The molecule has 0 radical (unpaired) electrons. The number of amides is 3. The van der Waals surface area contributed by atoms with Gasteiger partial charge in [0.2, 0.25) is 5.91 Å². The smallest absolute Gasteiger partial charge is 0.319 e. The van der Waals surface area contributed by atoms with E-state index in [1.807, 2.05) is 13.8 Å². The van der Waals surface area contributed by atoms with E-state index in [0.29, 0.717) is 29.4 Å². The summed E-state index contributed by atoms with van der Waals surface area (Å²) in [6.45, 7) is 4.45. The normalized spacial score (nSPS) is 17.8. The zero-order valence-corrected chi connectivity index (χ0v) is 13.6. The first-order valence-electron chi connectivity index (χ1n) is 7.11. The Kier molecular flexibility index (Phi) is 5.13. The molecule has 1 heterocycles. The van der Waals surface area contributed by atoms with E-state index in [1.54, 1.807) is 23.1 Å². The number of halogens is 1. The summed E-state index contributed by atoms with van der Waals surface area (Å²) in [5.74, 6) is 0.606. The average molecular weight is 326 g/mol. The molecule has 1 unspecified atom stereocenters. The second-order valence-electron chi connectivity index (χ2n) is 5.49. The Hall–Kier alpha value is -1.95. The minimum absolute atomic E-state index is 0.0628. The average Bonchev–Trinajstić information content (AvgIpc) is 2.79. The predicted octanol–water partition coefficient (Wildman–Crippen LogP) is 2.48. The third-order valence-corrected chi connectivity index (χ3v) is 3.82. The van der Waals surface area contributed by atoms with Crippen molar-refractivity contribution in [3.63, 3.8) is 0 Å². The molecule has 0 bridgehead atoms. The molecule has 120 valence electrons. The van der Waals surface area contributed by atoms with Gasteiger partial charge in [0, 0.05) is 24.7 Å². The van der Waals surface area contributed by atoms with E-state index in [0.717, 1.165) is 0 Å². The fourth-order valence-corrected chi connectivity index (χ4v) is 2.68. The third-order valence-electron chi connectivity index (χ3n) is 3.53. The second-order valence-corrected chi connectivity index (χ2v) is 5.90. The maximum Gasteiger partial charge on any atom is 0.319 e. The SMILES string of the molecule is COc1ccc(NC(=O)NC2CC(=O)N(C(C)C)C2)cc1Cl. The number of hydrogen-bond donors (Lipinski definition) is 2. The van der Waals surface area contributed by atoms with Crippen LogP contribution in [0.1, 0.15) is 20.3 Å². The molecule has 2 N–H and O–H groups in total. The molecule has 22 heavy (non-hydrogen) atoms. The first-order valence-corrected chi connectivity index (χ1v) is 7.49. The molecular weight excluding hydrogens is 306 g/mol. The van der Waals surface area contributed by atoms with Crippen LogP contribution in [0.25, 0.3) is 0 Å². The number of likely N-dealkylation sites (tertiary alicyclic amines) is 1. The van der Waals surface area contributed by atoms with Crippen molar-refractivity contribution in [1.29, 1.82) is 0 Å². The van der Waals surface area contributed by atoms with Crippen molar-refractivity contribution in [1.82, 2.24) is 10.2 Å². The van der Waals surface area contributed by atoms with Crippen LogP contribution in [0.2, 0.25) is 5.02 Å². The Morgan fingerprint density at radius 2 is 2.18 bits per heavy atom. The molecule has 1 saturated heterocycles. The van der Waals surface area contributed by atoms with Crippen LogP contribution in [0.3, 0.4) is 0 Å². The summed E-state index contributed by atoms with van der Waals surface area (Å²) in [5.41, 5.74) is 0.563. The number of carbonyl (C=O) groups excluding carboxylic acids is 2. The minimum atomic E-state index is -0.357. The largest absolute Gasteiger partial charge is 0.495 e. The molecule has 6 nitrogen and oxygen atoms in total. The molecule has 7 heteroatoms. The van der Waals surface area contributed by atoms with Gasteiger partial charge in [-0.2, -0.15) is 0 Å². The molecule has 0 aromatic heterocycles. The monoisotopic (exact) mass is 325 g/mol. The maximum absolute atomic E-state index is 12.0. The highest BCUT2D eigenvalue weighted by Crippen LogP contribution is 2.27. The highest BCUT2D eigenvalue weighted by Gasteiger charge is 2.31. The minimum Gasteiger partial charge on any atom is -0.495 e. The summed E-state index contributed by atoms with van der Waals surface area (Å²) in [6.07, 6.45) is 0.328. The fraction of sp³-hybridized carbons (Fsp3) is 0.467. The third kappa shape index (κ3) is 3.82. The van der Waals surface area contributed by atoms with Gasteiger partial charge in [-0.25, -0.2) is 4.79 Å². The van der Waals surface area contributed by atoms with E-state index in [2.05, 4.69) is 10.6 Å². The number of carbonyl (C=O) groups is 2. The van der Waals surface area contributed by atoms with Gasteiger partial charge in [-0.3, -0.25) is 4.79 Å². The Balaban J connectivity index is 1.91. The zero-order valence-electron chi connectivity index (χ0n) is 12.9. The van der Waals surface area contributed by atoms with Crippen molar-refractivity contribution in [2.75, 3.05) is 19.0 Å². The predicted molar refractivity (Wildman–Crippen MR) is 85.4 cm³/mol. The number of urea groups is 1. The van der Waals surface area contributed by atoms with Gasteiger partial charge in [0.25, 0.3) is 0 Å². The van der Waals surface area contributed by atoms with Crippen LogP contribution in [0.5, 0.6) is 5.75 Å².